The number of hydrogen-bond acceptors (Lipinski definition) is 7. The highest BCUT2D eigenvalue weighted by Gasteiger charge is 2.21. The van der Waals surface area contributed by atoms with Crippen molar-refractivity contribution in [2.45, 2.75) is 13.0 Å². The number of nitro benzene ring substituents is 1. The van der Waals surface area contributed by atoms with Crippen molar-refractivity contribution in [3.63, 3.8) is 0 Å². The maximum Gasteiger partial charge on any atom is 0.313 e. The molecule has 0 aliphatic carbocycles. The molecule has 1 unspecified atom stereocenters. The Labute approximate surface area is 193 Å². The van der Waals surface area contributed by atoms with Crippen LogP contribution in [0.3, 0.4) is 0 Å². The van der Waals surface area contributed by atoms with E-state index in [4.69, 9.17) is 30.5 Å². The van der Waals surface area contributed by atoms with Crippen LogP contribution in [-0.4, -0.2) is 24.7 Å². The number of halogens is 1. The van der Waals surface area contributed by atoms with Crippen LogP contribution >= 0.6 is 11.6 Å². The van der Waals surface area contributed by atoms with Crippen molar-refractivity contribution in [1.29, 1.82) is 0 Å². The van der Waals surface area contributed by atoms with E-state index in [9.17, 15) is 14.9 Å². The maximum absolute atomic E-state index is 12.8. The summed E-state index contributed by atoms with van der Waals surface area (Å²) in [5.74, 6) is 1.41. The van der Waals surface area contributed by atoms with Gasteiger partial charge in [0.25, 0.3) is 5.91 Å². The van der Waals surface area contributed by atoms with Gasteiger partial charge in [0.15, 0.2) is 23.0 Å². The first-order valence-corrected chi connectivity index (χ1v) is 10.2. The van der Waals surface area contributed by atoms with Crippen LogP contribution in [0.5, 0.6) is 28.7 Å². The number of nitrogens with zero attached hydrogens (tertiary/aromatic N) is 1. The van der Waals surface area contributed by atoms with Gasteiger partial charge in [-0.25, -0.2) is 0 Å². The molecule has 9 nitrogen and oxygen atoms in total. The molecule has 1 aliphatic rings. The largest absolute Gasteiger partial charge is 0.493 e. The highest BCUT2D eigenvalue weighted by atomic mass is 35.5. The van der Waals surface area contributed by atoms with E-state index >= 15 is 0 Å². The third-order valence-electron chi connectivity index (χ3n) is 5.01. The minimum absolute atomic E-state index is 0.00340. The van der Waals surface area contributed by atoms with Gasteiger partial charge in [-0.15, -0.1) is 0 Å². The molecular formula is C23H19ClN2O7. The Bertz CT molecular complexity index is 1230. The molecule has 33 heavy (non-hydrogen) atoms. The Morgan fingerprint density at radius 1 is 1.06 bits per heavy atom. The zero-order chi connectivity index (χ0) is 23.5. The minimum Gasteiger partial charge on any atom is -0.493 e. The van der Waals surface area contributed by atoms with Gasteiger partial charge in [0, 0.05) is 16.7 Å². The maximum atomic E-state index is 12.8. The van der Waals surface area contributed by atoms with E-state index < -0.39 is 4.92 Å². The van der Waals surface area contributed by atoms with E-state index in [1.807, 2.05) is 19.1 Å². The summed E-state index contributed by atoms with van der Waals surface area (Å²) in [5, 5.41) is 14.4. The van der Waals surface area contributed by atoms with Gasteiger partial charge in [-0.05, 0) is 55.0 Å². The van der Waals surface area contributed by atoms with Gasteiger partial charge in [-0.2, -0.15) is 0 Å². The van der Waals surface area contributed by atoms with Crippen LogP contribution in [-0.2, 0) is 0 Å². The first-order chi connectivity index (χ1) is 15.9. The molecular weight excluding hydrogens is 452 g/mol. The lowest BCUT2D eigenvalue weighted by Gasteiger charge is -2.16. The molecule has 0 saturated heterocycles. The Morgan fingerprint density at radius 2 is 1.82 bits per heavy atom. The first-order valence-electron chi connectivity index (χ1n) is 9.86. The van der Waals surface area contributed by atoms with Gasteiger partial charge in [0.1, 0.15) is 0 Å². The summed E-state index contributed by atoms with van der Waals surface area (Å²) in [6, 6.07) is 13.8. The highest BCUT2D eigenvalue weighted by molar-refractivity contribution is 6.30. The lowest BCUT2D eigenvalue weighted by molar-refractivity contribution is -0.385. The highest BCUT2D eigenvalue weighted by Crippen LogP contribution is 2.38. The van der Waals surface area contributed by atoms with Crippen molar-refractivity contribution < 1.29 is 28.7 Å². The third kappa shape index (κ3) is 4.78. The average Bonchev–Trinajstić information content (AvgIpc) is 3.28. The summed E-state index contributed by atoms with van der Waals surface area (Å²) < 4.78 is 21.7. The molecule has 0 radical (unpaired) electrons. The molecule has 3 aromatic rings. The van der Waals surface area contributed by atoms with Crippen LogP contribution in [0, 0.1) is 10.1 Å². The Kier molecular flexibility index (Phi) is 6.23. The lowest BCUT2D eigenvalue weighted by atomic mass is 10.1. The van der Waals surface area contributed by atoms with Gasteiger partial charge in [-0.1, -0.05) is 17.7 Å². The number of ether oxygens (including phenoxy) is 4. The van der Waals surface area contributed by atoms with Gasteiger partial charge in [-0.3, -0.25) is 14.9 Å². The second-order valence-corrected chi connectivity index (χ2v) is 7.58. The summed E-state index contributed by atoms with van der Waals surface area (Å²) in [4.78, 5) is 23.5. The third-order valence-corrected chi connectivity index (χ3v) is 5.24. The fourth-order valence-corrected chi connectivity index (χ4v) is 3.44. The quantitative estimate of drug-likeness (QED) is 0.370. The van der Waals surface area contributed by atoms with E-state index in [0.717, 1.165) is 5.56 Å². The number of methoxy groups -OCH3 is 1. The standard InChI is InChI=1S/C23H19ClN2O7/c1-13(14-3-6-19-22(9-14)32-12-31-19)25-23(27)15-4-7-20(21(10-15)30-2)33-18-8-5-16(24)11-17(18)26(28)29/h3-11,13H,12H2,1-2H3,(H,25,27). The summed E-state index contributed by atoms with van der Waals surface area (Å²) in [6.45, 7) is 2.02. The van der Waals surface area contributed by atoms with E-state index in [-0.39, 0.29) is 46.7 Å². The average molecular weight is 471 g/mol. The summed E-state index contributed by atoms with van der Waals surface area (Å²) in [6.07, 6.45) is 0. The summed E-state index contributed by atoms with van der Waals surface area (Å²) >= 11 is 5.85. The number of rotatable bonds is 7. The van der Waals surface area contributed by atoms with Gasteiger partial charge in [0.05, 0.1) is 18.1 Å². The minimum atomic E-state index is -0.590. The molecule has 10 heteroatoms. The van der Waals surface area contributed by atoms with Crippen molar-refractivity contribution >= 4 is 23.2 Å². The van der Waals surface area contributed by atoms with Crippen molar-refractivity contribution in [2.24, 2.45) is 0 Å². The number of carbonyl (C=O) groups is 1. The lowest BCUT2D eigenvalue weighted by Crippen LogP contribution is -2.26. The molecule has 0 fully saturated rings. The van der Waals surface area contributed by atoms with Crippen molar-refractivity contribution in [2.75, 3.05) is 13.9 Å². The summed E-state index contributed by atoms with van der Waals surface area (Å²) in [5.41, 5.74) is 0.899. The Hall–Kier alpha value is -3.98. The molecule has 1 heterocycles. The van der Waals surface area contributed by atoms with E-state index in [1.54, 1.807) is 12.1 Å². The molecule has 1 N–H and O–H groups in total. The monoisotopic (exact) mass is 470 g/mol. The van der Waals surface area contributed by atoms with Crippen LogP contribution < -0.4 is 24.3 Å². The fourth-order valence-electron chi connectivity index (χ4n) is 3.28. The number of hydrogen-bond donors (Lipinski definition) is 1. The molecule has 1 atom stereocenters. The van der Waals surface area contributed by atoms with Crippen molar-refractivity contribution in [3.05, 3.63) is 80.9 Å². The molecule has 3 aromatic carbocycles. The second kappa shape index (κ2) is 9.25. The molecule has 1 amide bonds. The number of benzene rings is 3. The fraction of sp³-hybridized carbons (Fsp3) is 0.174. The normalized spacial score (nSPS) is 12.7. The molecule has 0 spiro atoms. The van der Waals surface area contributed by atoms with E-state index in [1.165, 1.54) is 37.4 Å². The van der Waals surface area contributed by atoms with Crippen molar-refractivity contribution in [3.8, 4) is 28.7 Å². The molecule has 170 valence electrons. The van der Waals surface area contributed by atoms with Crippen LogP contribution in [0.4, 0.5) is 5.69 Å². The SMILES string of the molecule is COc1cc(C(=O)NC(C)c2ccc3c(c2)OCO3)ccc1Oc1ccc(Cl)cc1[N+](=O)[O-]. The van der Waals surface area contributed by atoms with Crippen LogP contribution in [0.2, 0.25) is 5.02 Å². The molecule has 1 aliphatic heterocycles. The zero-order valence-electron chi connectivity index (χ0n) is 17.7. The number of nitrogens with one attached hydrogen (secondary N) is 1. The smallest absolute Gasteiger partial charge is 0.313 e. The Morgan fingerprint density at radius 3 is 2.58 bits per heavy atom. The molecule has 0 aromatic heterocycles. The zero-order valence-corrected chi connectivity index (χ0v) is 18.4. The number of amides is 1. The predicted octanol–water partition coefficient (Wildman–Crippen LogP) is 5.27. The Balaban J connectivity index is 1.52. The van der Waals surface area contributed by atoms with Gasteiger partial charge < -0.3 is 24.3 Å². The van der Waals surface area contributed by atoms with Crippen molar-refractivity contribution in [1.82, 2.24) is 5.32 Å². The molecule has 0 bridgehead atoms. The number of fused-ring (bicyclic) bond motifs is 1. The van der Waals surface area contributed by atoms with E-state index in [0.29, 0.717) is 17.1 Å². The van der Waals surface area contributed by atoms with E-state index in [2.05, 4.69) is 5.32 Å². The predicted molar refractivity (Wildman–Crippen MR) is 120 cm³/mol. The second-order valence-electron chi connectivity index (χ2n) is 7.14. The summed E-state index contributed by atoms with van der Waals surface area (Å²) in [7, 11) is 1.41. The van der Waals surface area contributed by atoms with Crippen LogP contribution in [0.1, 0.15) is 28.9 Å². The van der Waals surface area contributed by atoms with Gasteiger partial charge in [0.2, 0.25) is 12.5 Å². The topological polar surface area (TPSA) is 109 Å². The van der Waals surface area contributed by atoms with Crippen LogP contribution in [0.15, 0.2) is 54.6 Å². The first kappa shape index (κ1) is 22.2. The molecule has 0 saturated carbocycles. The van der Waals surface area contributed by atoms with Crippen LogP contribution in [0.25, 0.3) is 0 Å². The number of carbonyl (C=O) groups excluding carboxylic acids is 1. The molecule has 4 rings (SSSR count). The van der Waals surface area contributed by atoms with Gasteiger partial charge >= 0.3 is 5.69 Å². The number of nitro groups is 1.